The van der Waals surface area contributed by atoms with Crippen LogP contribution < -0.4 is 4.31 Å². The molecule has 1 aliphatic rings. The molecule has 1 aromatic heterocycles. The van der Waals surface area contributed by atoms with Crippen LogP contribution in [0.15, 0.2) is 59.0 Å². The number of benzene rings is 2. The Kier molecular flexibility index (Phi) is 8.25. The molecule has 4 rings (SSSR count). The molecule has 0 N–H and O–H groups in total. The van der Waals surface area contributed by atoms with Crippen molar-refractivity contribution in [2.45, 2.75) is 38.9 Å². The normalized spacial score (nSPS) is 20.3. The molecule has 1 unspecified atom stereocenters. The highest BCUT2D eigenvalue weighted by Gasteiger charge is 2.27. The van der Waals surface area contributed by atoms with Crippen LogP contribution in [0.4, 0.5) is 14.5 Å². The lowest BCUT2D eigenvalue weighted by Gasteiger charge is -2.42. The Labute approximate surface area is 207 Å². The van der Waals surface area contributed by atoms with Crippen molar-refractivity contribution in [3.8, 4) is 11.5 Å². The lowest BCUT2D eigenvalue weighted by atomic mass is 10.1. The fraction of sp³-hybridized carbons (Fsp3) is 0.440. The topological polar surface area (TPSA) is 65.7 Å². The molecule has 0 saturated carbocycles. The van der Waals surface area contributed by atoms with Gasteiger partial charge in [0.15, 0.2) is 0 Å². The third-order valence-corrected chi connectivity index (χ3v) is 7.83. The van der Waals surface area contributed by atoms with Crippen molar-refractivity contribution >= 4 is 16.7 Å². The summed E-state index contributed by atoms with van der Waals surface area (Å²) in [5.41, 5.74) is 2.37. The van der Waals surface area contributed by atoms with Gasteiger partial charge in [-0.25, -0.2) is 4.21 Å². The van der Waals surface area contributed by atoms with Gasteiger partial charge in [0.25, 0.3) is 5.89 Å². The summed E-state index contributed by atoms with van der Waals surface area (Å²) in [6.45, 7) is 7.59. The zero-order valence-electron chi connectivity index (χ0n) is 20.2. The van der Waals surface area contributed by atoms with Crippen molar-refractivity contribution in [1.29, 1.82) is 0 Å². The van der Waals surface area contributed by atoms with E-state index in [0.29, 0.717) is 29.9 Å². The summed E-state index contributed by atoms with van der Waals surface area (Å²) in [6, 6.07) is 17.9. The van der Waals surface area contributed by atoms with Gasteiger partial charge < -0.3 is 4.42 Å². The monoisotopic (exact) mass is 503 g/mol. The number of rotatable bonds is 9. The van der Waals surface area contributed by atoms with Crippen molar-refractivity contribution in [3.63, 3.8) is 0 Å². The van der Waals surface area contributed by atoms with E-state index in [-0.39, 0.29) is 5.89 Å². The van der Waals surface area contributed by atoms with Crippen LogP contribution in [0.3, 0.4) is 0 Å². The van der Waals surface area contributed by atoms with Crippen molar-refractivity contribution in [3.05, 3.63) is 66.1 Å². The summed E-state index contributed by atoms with van der Waals surface area (Å²) in [4.78, 5) is 4.78. The van der Waals surface area contributed by atoms with Gasteiger partial charge in [0.1, 0.15) is 11.0 Å². The van der Waals surface area contributed by atoms with Crippen molar-refractivity contribution < 1.29 is 17.4 Å². The first kappa shape index (κ1) is 25.4. The molecule has 10 heteroatoms. The van der Waals surface area contributed by atoms with Gasteiger partial charge in [-0.1, -0.05) is 30.3 Å². The van der Waals surface area contributed by atoms with E-state index in [2.05, 4.69) is 40.9 Å². The molecule has 1 fully saturated rings. The molecule has 1 saturated heterocycles. The molecule has 0 spiro atoms. The van der Waals surface area contributed by atoms with Crippen LogP contribution in [-0.2, 0) is 17.5 Å². The Balaban J connectivity index is 1.44. The Hall–Kier alpha value is -2.69. The average Bonchev–Trinajstić information content (AvgIpc) is 3.36. The van der Waals surface area contributed by atoms with Crippen molar-refractivity contribution in [1.82, 2.24) is 20.0 Å². The highest BCUT2D eigenvalue weighted by atomic mass is 32.2. The van der Waals surface area contributed by atoms with Crippen LogP contribution in [-0.4, -0.2) is 68.7 Å². The molecule has 2 aromatic carbocycles. The summed E-state index contributed by atoms with van der Waals surface area (Å²) in [6.07, 6.45) is -2.80. The van der Waals surface area contributed by atoms with Gasteiger partial charge in [0.2, 0.25) is 5.89 Å². The average molecular weight is 504 g/mol. The Morgan fingerprint density at radius 3 is 2.31 bits per heavy atom. The van der Waals surface area contributed by atoms with Crippen molar-refractivity contribution in [2.24, 2.45) is 0 Å². The quantitative estimate of drug-likeness (QED) is 0.432. The lowest BCUT2D eigenvalue weighted by molar-refractivity contribution is 0.0640. The van der Waals surface area contributed by atoms with E-state index in [4.69, 9.17) is 4.42 Å². The molecule has 3 aromatic rings. The van der Waals surface area contributed by atoms with Crippen LogP contribution >= 0.6 is 0 Å². The molecule has 0 radical (unpaired) electrons. The molecule has 1 aliphatic heterocycles. The second-order valence-corrected chi connectivity index (χ2v) is 10.5. The molecule has 3 atom stereocenters. The number of hydrogen-bond acceptors (Lipinski definition) is 6. The van der Waals surface area contributed by atoms with Gasteiger partial charge in [-0.05, 0) is 50.7 Å². The van der Waals surface area contributed by atoms with Crippen LogP contribution in [0.1, 0.15) is 31.7 Å². The zero-order valence-corrected chi connectivity index (χ0v) is 21.0. The van der Waals surface area contributed by atoms with E-state index in [1.165, 1.54) is 0 Å². The Bertz CT molecular complexity index is 1100. The molecule has 35 heavy (non-hydrogen) atoms. The first-order chi connectivity index (χ1) is 16.8. The second kappa shape index (κ2) is 11.4. The minimum atomic E-state index is -2.80. The molecule has 0 bridgehead atoms. The molecule has 0 amide bonds. The van der Waals surface area contributed by atoms with Gasteiger partial charge in [0.05, 0.1) is 12.3 Å². The summed E-state index contributed by atoms with van der Waals surface area (Å²) >= 11 is 0. The zero-order chi connectivity index (χ0) is 24.9. The van der Waals surface area contributed by atoms with E-state index in [9.17, 15) is 13.0 Å². The fourth-order valence-electron chi connectivity index (χ4n) is 4.25. The van der Waals surface area contributed by atoms with Gasteiger partial charge in [-0.15, -0.1) is 10.2 Å². The molecular weight excluding hydrogens is 472 g/mol. The second-order valence-electron chi connectivity index (χ2n) is 8.96. The summed E-state index contributed by atoms with van der Waals surface area (Å²) in [7, 11) is 0.925. The van der Waals surface area contributed by atoms with Gasteiger partial charge in [-0.3, -0.25) is 14.1 Å². The minimum absolute atomic E-state index is 0.0472. The number of aromatic nitrogens is 2. The predicted octanol–water partition coefficient (Wildman–Crippen LogP) is 4.37. The third kappa shape index (κ3) is 6.31. The van der Waals surface area contributed by atoms with Crippen LogP contribution in [0.2, 0.25) is 0 Å². The highest BCUT2D eigenvalue weighted by Crippen LogP contribution is 2.25. The standard InChI is InChI=1S/C25H31F2N5O2S/c1-18-15-31(16-19(2)30(18)3)13-14-35(33)32(22-7-5-4-6-8-22)17-20-9-11-21(12-10-20)24-28-29-25(34-24)23(26)27/h4-12,18-19,23H,13-17H2,1-3H3/t18-,19+,35?. The molecule has 188 valence electrons. The number of hydrogen-bond donors (Lipinski definition) is 0. The number of nitrogens with zero attached hydrogens (tertiary/aromatic N) is 5. The molecule has 0 aliphatic carbocycles. The van der Waals surface area contributed by atoms with Crippen LogP contribution in [0, 0.1) is 0 Å². The van der Waals surface area contributed by atoms with E-state index in [1.807, 2.05) is 46.8 Å². The van der Waals surface area contributed by atoms with E-state index in [0.717, 1.165) is 30.9 Å². The Morgan fingerprint density at radius 1 is 1.06 bits per heavy atom. The summed E-state index contributed by atoms with van der Waals surface area (Å²) < 4.78 is 45.9. The minimum Gasteiger partial charge on any atom is -0.415 e. The van der Waals surface area contributed by atoms with Gasteiger partial charge >= 0.3 is 6.43 Å². The summed E-state index contributed by atoms with van der Waals surface area (Å²) in [5, 5.41) is 7.07. The van der Waals surface area contributed by atoms with E-state index in [1.54, 1.807) is 12.1 Å². The first-order valence-electron chi connectivity index (χ1n) is 11.7. The lowest BCUT2D eigenvalue weighted by Crippen LogP contribution is -2.55. The fourth-order valence-corrected chi connectivity index (χ4v) is 5.53. The van der Waals surface area contributed by atoms with Crippen LogP contribution in [0.5, 0.6) is 0 Å². The molecule has 7 nitrogen and oxygen atoms in total. The van der Waals surface area contributed by atoms with Gasteiger partial charge in [0, 0.05) is 43.0 Å². The molecule has 2 heterocycles. The SMILES string of the molecule is C[C@@H]1CN(CCS(=O)N(Cc2ccc(-c3nnc(C(F)F)o3)cc2)c2ccccc2)C[C@H](C)N1C. The smallest absolute Gasteiger partial charge is 0.314 e. The maximum absolute atomic E-state index is 13.5. The van der Waals surface area contributed by atoms with E-state index >= 15 is 0 Å². The first-order valence-corrected chi connectivity index (χ1v) is 13.0. The number of para-hydroxylation sites is 1. The maximum Gasteiger partial charge on any atom is 0.314 e. The van der Waals surface area contributed by atoms with Gasteiger partial charge in [-0.2, -0.15) is 8.78 Å². The number of alkyl halides is 2. The number of halogens is 2. The Morgan fingerprint density at radius 2 is 1.71 bits per heavy atom. The maximum atomic E-state index is 13.5. The van der Waals surface area contributed by atoms with Crippen LogP contribution in [0.25, 0.3) is 11.5 Å². The predicted molar refractivity (Wildman–Crippen MR) is 133 cm³/mol. The largest absolute Gasteiger partial charge is 0.415 e. The number of anilines is 1. The number of likely N-dealkylation sites (N-methyl/N-ethyl adjacent to an activating group) is 1. The third-order valence-electron chi connectivity index (χ3n) is 6.46. The molecular formula is C25H31F2N5O2S. The number of piperazine rings is 1. The van der Waals surface area contributed by atoms with E-state index < -0.39 is 23.3 Å². The van der Waals surface area contributed by atoms with Crippen molar-refractivity contribution in [2.75, 3.05) is 36.7 Å². The highest BCUT2D eigenvalue weighted by molar-refractivity contribution is 7.86. The summed E-state index contributed by atoms with van der Waals surface area (Å²) in [5.74, 6) is -0.112.